The van der Waals surface area contributed by atoms with Gasteiger partial charge in [-0.1, -0.05) is 26.7 Å². The van der Waals surface area contributed by atoms with Gasteiger partial charge in [0.15, 0.2) is 17.1 Å². The van der Waals surface area contributed by atoms with Crippen LogP contribution in [0.2, 0.25) is 0 Å². The van der Waals surface area contributed by atoms with Crippen molar-refractivity contribution in [1.82, 2.24) is 14.5 Å². The molecule has 0 aliphatic carbocycles. The summed E-state index contributed by atoms with van der Waals surface area (Å²) < 4.78 is 12.8. The van der Waals surface area contributed by atoms with E-state index in [1.807, 2.05) is 30.3 Å². The van der Waals surface area contributed by atoms with Gasteiger partial charge in [-0.2, -0.15) is 0 Å². The van der Waals surface area contributed by atoms with Gasteiger partial charge in [0, 0.05) is 24.8 Å². The second kappa shape index (κ2) is 10.9. The number of hydrogen-bond acceptors (Lipinski definition) is 7. The fourth-order valence-corrected chi connectivity index (χ4v) is 3.53. The first-order chi connectivity index (χ1) is 15.1. The normalized spacial score (nSPS) is 11.2. The van der Waals surface area contributed by atoms with E-state index in [9.17, 15) is 0 Å². The molecule has 0 spiro atoms. The average molecular weight is 427 g/mol. The van der Waals surface area contributed by atoms with Crippen LogP contribution in [0.25, 0.3) is 11.2 Å². The van der Waals surface area contributed by atoms with Crippen LogP contribution in [0, 0.1) is 5.92 Å². The molecule has 8 heteroatoms. The van der Waals surface area contributed by atoms with Gasteiger partial charge in [0.05, 0.1) is 14.2 Å². The maximum atomic E-state index is 5.79. The lowest BCUT2D eigenvalue weighted by Crippen LogP contribution is -2.14. The van der Waals surface area contributed by atoms with Gasteiger partial charge in [-0.3, -0.25) is 4.57 Å². The molecule has 0 saturated heterocycles. The second-order valence-electron chi connectivity index (χ2n) is 7.53. The van der Waals surface area contributed by atoms with Gasteiger partial charge >= 0.3 is 0 Å². The third-order valence-electron chi connectivity index (χ3n) is 5.54. The summed E-state index contributed by atoms with van der Waals surface area (Å²) in [5, 5.41) is 6.88. The van der Waals surface area contributed by atoms with Crippen molar-refractivity contribution in [1.29, 1.82) is 0 Å². The number of ether oxygens (including phenoxy) is 2. The third-order valence-corrected chi connectivity index (χ3v) is 5.54. The molecule has 0 aliphatic heterocycles. The number of anilines is 3. The summed E-state index contributed by atoms with van der Waals surface area (Å²) in [5.74, 6) is 3.57. The van der Waals surface area contributed by atoms with Crippen LogP contribution in [0.15, 0.2) is 30.3 Å². The Kier molecular flexibility index (Phi) is 7.94. The van der Waals surface area contributed by atoms with Gasteiger partial charge in [-0.05, 0) is 43.1 Å². The number of rotatable bonds is 12. The first-order valence-corrected chi connectivity index (χ1v) is 10.9. The number of nitrogens with zero attached hydrogens (tertiary/aromatic N) is 3. The summed E-state index contributed by atoms with van der Waals surface area (Å²) in [6.07, 6.45) is 3.14. The van der Waals surface area contributed by atoms with E-state index in [0.29, 0.717) is 24.0 Å². The lowest BCUT2D eigenvalue weighted by Gasteiger charge is -2.14. The zero-order chi connectivity index (χ0) is 22.2. The second-order valence-corrected chi connectivity index (χ2v) is 7.53. The average Bonchev–Trinajstić information content (AvgIpc) is 3.14. The number of nitrogens with one attached hydrogen (secondary N) is 2. The smallest absolute Gasteiger partial charge is 0.209 e. The zero-order valence-corrected chi connectivity index (χ0v) is 18.9. The number of fused-ring (bicyclic) bond motifs is 1. The number of methoxy groups -OCH3 is 2. The molecule has 1 aromatic carbocycles. The molecular weight excluding hydrogens is 392 g/mol. The molecule has 8 nitrogen and oxygen atoms in total. The molecular formula is C23H34N6O2. The van der Waals surface area contributed by atoms with Crippen molar-refractivity contribution < 1.29 is 9.47 Å². The number of nitrogens with two attached hydrogens (primary N) is 1. The quantitative estimate of drug-likeness (QED) is 0.395. The van der Waals surface area contributed by atoms with Crippen molar-refractivity contribution in [2.45, 2.75) is 39.7 Å². The van der Waals surface area contributed by atoms with Crippen molar-refractivity contribution in [3.05, 3.63) is 30.3 Å². The standard InChI is InChI=1S/C23H34N6O2/c1-5-16(6-2)15-25-21-11-9-18-22(28-21)29(13-7-12-24)23(27-18)26-17-8-10-19(30-3)20(14-17)31-4/h8-11,14,16H,5-7,12-13,15,24H2,1-4H3,(H,25,28)(H,26,27). The minimum atomic E-state index is 0.599. The summed E-state index contributed by atoms with van der Waals surface area (Å²) in [5.41, 5.74) is 8.32. The Labute approximate surface area is 184 Å². The lowest BCUT2D eigenvalue weighted by molar-refractivity contribution is 0.355. The molecule has 0 aliphatic rings. The van der Waals surface area contributed by atoms with E-state index in [-0.39, 0.29) is 0 Å². The lowest BCUT2D eigenvalue weighted by atomic mass is 10.0. The van der Waals surface area contributed by atoms with E-state index in [2.05, 4.69) is 29.0 Å². The molecule has 0 fully saturated rings. The maximum Gasteiger partial charge on any atom is 0.209 e. The summed E-state index contributed by atoms with van der Waals surface area (Å²) >= 11 is 0. The van der Waals surface area contributed by atoms with Gasteiger partial charge in [-0.15, -0.1) is 0 Å². The van der Waals surface area contributed by atoms with Crippen molar-refractivity contribution >= 4 is 28.6 Å². The number of imidazole rings is 1. The highest BCUT2D eigenvalue weighted by Crippen LogP contribution is 2.31. The Balaban J connectivity index is 1.91. The van der Waals surface area contributed by atoms with E-state index in [1.54, 1.807) is 14.2 Å². The highest BCUT2D eigenvalue weighted by atomic mass is 16.5. The topological polar surface area (TPSA) is 99.3 Å². The predicted octanol–water partition coefficient (Wildman–Crippen LogP) is 4.39. The van der Waals surface area contributed by atoms with Crippen molar-refractivity contribution in [3.63, 3.8) is 0 Å². The fraction of sp³-hybridized carbons (Fsp3) is 0.478. The molecule has 168 valence electrons. The molecule has 31 heavy (non-hydrogen) atoms. The van der Waals surface area contributed by atoms with Gasteiger partial charge in [-0.25, -0.2) is 9.97 Å². The van der Waals surface area contributed by atoms with Crippen LogP contribution in [0.4, 0.5) is 17.5 Å². The third kappa shape index (κ3) is 5.38. The van der Waals surface area contributed by atoms with Crippen molar-refractivity contribution in [2.24, 2.45) is 11.7 Å². The summed E-state index contributed by atoms with van der Waals surface area (Å²) in [7, 11) is 3.25. The molecule has 0 radical (unpaired) electrons. The van der Waals surface area contributed by atoms with Crippen LogP contribution >= 0.6 is 0 Å². The Bertz CT molecular complexity index is 984. The highest BCUT2D eigenvalue weighted by molar-refractivity contribution is 5.78. The SMILES string of the molecule is CCC(CC)CNc1ccc2nc(Nc3ccc(OC)c(OC)c3)n(CCCN)c2n1. The molecule has 0 unspecified atom stereocenters. The number of aromatic nitrogens is 3. The fourth-order valence-electron chi connectivity index (χ4n) is 3.53. The van der Waals surface area contributed by atoms with Crippen LogP contribution in [0.5, 0.6) is 11.5 Å². The zero-order valence-electron chi connectivity index (χ0n) is 18.9. The molecule has 0 amide bonds. The Morgan fingerprint density at radius 2 is 1.81 bits per heavy atom. The first-order valence-electron chi connectivity index (χ1n) is 10.9. The van der Waals surface area contributed by atoms with Crippen LogP contribution in [-0.2, 0) is 6.54 Å². The maximum absolute atomic E-state index is 5.79. The number of aryl methyl sites for hydroxylation is 1. The van der Waals surface area contributed by atoms with Gasteiger partial charge < -0.3 is 25.8 Å². The Morgan fingerprint density at radius 3 is 2.48 bits per heavy atom. The Hall–Kier alpha value is -3.00. The van der Waals surface area contributed by atoms with E-state index < -0.39 is 0 Å². The molecule has 0 bridgehead atoms. The van der Waals surface area contributed by atoms with Crippen LogP contribution in [-0.4, -0.2) is 41.8 Å². The number of pyridine rings is 1. The molecule has 4 N–H and O–H groups in total. The van der Waals surface area contributed by atoms with Crippen LogP contribution in [0.1, 0.15) is 33.1 Å². The van der Waals surface area contributed by atoms with E-state index in [4.69, 9.17) is 25.2 Å². The molecule has 3 rings (SSSR count). The van der Waals surface area contributed by atoms with Crippen LogP contribution in [0.3, 0.4) is 0 Å². The number of benzene rings is 1. The largest absolute Gasteiger partial charge is 0.493 e. The molecule has 0 saturated carbocycles. The summed E-state index contributed by atoms with van der Waals surface area (Å²) in [6, 6.07) is 9.69. The molecule has 2 aromatic heterocycles. The summed E-state index contributed by atoms with van der Waals surface area (Å²) in [4.78, 5) is 9.63. The van der Waals surface area contributed by atoms with Crippen molar-refractivity contribution in [3.8, 4) is 11.5 Å². The van der Waals surface area contributed by atoms with Crippen LogP contribution < -0.4 is 25.8 Å². The van der Waals surface area contributed by atoms with E-state index in [1.165, 1.54) is 0 Å². The monoisotopic (exact) mass is 426 g/mol. The Morgan fingerprint density at radius 1 is 1.03 bits per heavy atom. The van der Waals surface area contributed by atoms with Crippen molar-refractivity contribution in [2.75, 3.05) is 37.9 Å². The minimum absolute atomic E-state index is 0.599. The van der Waals surface area contributed by atoms with Gasteiger partial charge in [0.1, 0.15) is 11.3 Å². The highest BCUT2D eigenvalue weighted by Gasteiger charge is 2.14. The first kappa shape index (κ1) is 22.7. The molecule has 3 aromatic rings. The molecule has 0 atom stereocenters. The molecule has 2 heterocycles. The van der Waals surface area contributed by atoms with Gasteiger partial charge in [0.2, 0.25) is 5.95 Å². The minimum Gasteiger partial charge on any atom is -0.493 e. The van der Waals surface area contributed by atoms with E-state index >= 15 is 0 Å². The van der Waals surface area contributed by atoms with E-state index in [0.717, 1.165) is 61.0 Å². The van der Waals surface area contributed by atoms with Gasteiger partial charge in [0.25, 0.3) is 0 Å². The predicted molar refractivity (Wildman–Crippen MR) is 127 cm³/mol. The summed E-state index contributed by atoms with van der Waals surface area (Å²) in [6.45, 7) is 6.69. The number of hydrogen-bond donors (Lipinski definition) is 3.